The Labute approximate surface area is 171 Å². The zero-order valence-corrected chi connectivity index (χ0v) is 16.2. The molecule has 5 aromatic rings. The van der Waals surface area contributed by atoms with Gasteiger partial charge in [-0.2, -0.15) is 5.10 Å². The SMILES string of the molecule is O=C(NCc1cn2ccccc2n1)c1cn(-c2ccccc2)nc1-c1cccs1. The fourth-order valence-corrected chi connectivity index (χ4v) is 3.91. The molecular formula is C22H17N5OS. The van der Waals surface area contributed by atoms with Gasteiger partial charge in [-0.1, -0.05) is 30.3 Å². The molecular weight excluding hydrogens is 382 g/mol. The number of para-hydroxylation sites is 1. The number of nitrogens with zero attached hydrogens (tertiary/aromatic N) is 4. The second-order valence-corrected chi connectivity index (χ2v) is 7.48. The molecule has 6 nitrogen and oxygen atoms in total. The van der Waals surface area contributed by atoms with Crippen LogP contribution in [0.25, 0.3) is 21.9 Å². The molecule has 142 valence electrons. The summed E-state index contributed by atoms with van der Waals surface area (Å²) >= 11 is 1.56. The van der Waals surface area contributed by atoms with Crippen molar-refractivity contribution in [2.75, 3.05) is 0 Å². The number of thiophene rings is 1. The third kappa shape index (κ3) is 3.43. The van der Waals surface area contributed by atoms with Crippen molar-refractivity contribution in [2.24, 2.45) is 0 Å². The molecule has 0 aliphatic rings. The molecule has 0 unspecified atom stereocenters. The van der Waals surface area contributed by atoms with Gasteiger partial charge < -0.3 is 9.72 Å². The van der Waals surface area contributed by atoms with Crippen molar-refractivity contribution >= 4 is 22.9 Å². The van der Waals surface area contributed by atoms with E-state index in [1.165, 1.54) is 0 Å². The topological polar surface area (TPSA) is 64.2 Å². The summed E-state index contributed by atoms with van der Waals surface area (Å²) in [6, 6.07) is 19.5. The fraction of sp³-hybridized carbons (Fsp3) is 0.0455. The van der Waals surface area contributed by atoms with Crippen LogP contribution in [0.5, 0.6) is 0 Å². The van der Waals surface area contributed by atoms with E-state index in [0.29, 0.717) is 17.8 Å². The Morgan fingerprint density at radius 2 is 1.86 bits per heavy atom. The number of nitrogens with one attached hydrogen (secondary N) is 1. The molecule has 7 heteroatoms. The predicted octanol–water partition coefficient (Wildman–Crippen LogP) is 4.18. The molecule has 4 aromatic heterocycles. The van der Waals surface area contributed by atoms with Gasteiger partial charge in [-0.15, -0.1) is 11.3 Å². The molecule has 1 amide bonds. The normalized spacial score (nSPS) is 11.0. The maximum absolute atomic E-state index is 13.0. The molecule has 0 radical (unpaired) electrons. The number of pyridine rings is 1. The molecule has 1 N–H and O–H groups in total. The van der Waals surface area contributed by atoms with Crippen molar-refractivity contribution in [3.05, 3.63) is 95.9 Å². The Hall–Kier alpha value is -3.71. The number of benzene rings is 1. The summed E-state index contributed by atoms with van der Waals surface area (Å²) in [6.45, 7) is 0.348. The summed E-state index contributed by atoms with van der Waals surface area (Å²) in [4.78, 5) is 18.5. The number of rotatable bonds is 5. The molecule has 0 spiro atoms. The molecule has 0 aliphatic heterocycles. The third-order valence-corrected chi connectivity index (χ3v) is 5.45. The van der Waals surface area contributed by atoms with Crippen LogP contribution in [0.2, 0.25) is 0 Å². The highest BCUT2D eigenvalue weighted by molar-refractivity contribution is 7.13. The van der Waals surface area contributed by atoms with Crippen molar-refractivity contribution in [3.63, 3.8) is 0 Å². The van der Waals surface area contributed by atoms with Crippen molar-refractivity contribution in [1.29, 1.82) is 0 Å². The number of carbonyl (C=O) groups excluding carboxylic acids is 1. The van der Waals surface area contributed by atoms with Gasteiger partial charge in [-0.25, -0.2) is 9.67 Å². The number of hydrogen-bond donors (Lipinski definition) is 1. The van der Waals surface area contributed by atoms with Gasteiger partial charge in [0.25, 0.3) is 5.91 Å². The molecule has 0 saturated carbocycles. The molecule has 0 fully saturated rings. The van der Waals surface area contributed by atoms with Gasteiger partial charge in [0.2, 0.25) is 0 Å². The average Bonchev–Trinajstić information content (AvgIpc) is 3.51. The van der Waals surface area contributed by atoms with E-state index in [0.717, 1.165) is 21.9 Å². The Morgan fingerprint density at radius 3 is 2.66 bits per heavy atom. The Bertz CT molecular complexity index is 1240. The first-order valence-corrected chi connectivity index (χ1v) is 10.1. The van der Waals surface area contributed by atoms with Gasteiger partial charge in [-0.3, -0.25) is 4.79 Å². The van der Waals surface area contributed by atoms with Crippen LogP contribution in [0.1, 0.15) is 16.1 Å². The largest absolute Gasteiger partial charge is 0.346 e. The van der Waals surface area contributed by atoms with E-state index < -0.39 is 0 Å². The van der Waals surface area contributed by atoms with Crippen LogP contribution in [0.15, 0.2) is 84.6 Å². The Morgan fingerprint density at radius 1 is 1.00 bits per heavy atom. The second-order valence-electron chi connectivity index (χ2n) is 6.53. The van der Waals surface area contributed by atoms with Crippen molar-refractivity contribution in [3.8, 4) is 16.3 Å². The molecule has 0 aliphatic carbocycles. The number of fused-ring (bicyclic) bond motifs is 1. The first-order chi connectivity index (χ1) is 14.3. The van der Waals surface area contributed by atoms with Gasteiger partial charge in [0, 0.05) is 18.6 Å². The zero-order chi connectivity index (χ0) is 19.6. The number of amides is 1. The van der Waals surface area contributed by atoms with Crippen molar-refractivity contribution in [2.45, 2.75) is 6.54 Å². The lowest BCUT2D eigenvalue weighted by Crippen LogP contribution is -2.23. The Kier molecular flexibility index (Phi) is 4.42. The highest BCUT2D eigenvalue weighted by Gasteiger charge is 2.19. The van der Waals surface area contributed by atoms with Crippen LogP contribution in [-0.2, 0) is 6.54 Å². The fourth-order valence-electron chi connectivity index (χ4n) is 3.19. The summed E-state index contributed by atoms with van der Waals surface area (Å²) in [6.07, 6.45) is 5.64. The first-order valence-electron chi connectivity index (χ1n) is 9.18. The molecule has 1 aromatic carbocycles. The molecule has 4 heterocycles. The monoisotopic (exact) mass is 399 g/mol. The summed E-state index contributed by atoms with van der Waals surface area (Å²) < 4.78 is 3.68. The minimum atomic E-state index is -0.173. The summed E-state index contributed by atoms with van der Waals surface area (Å²) in [5.41, 5.74) is 3.78. The van der Waals surface area contributed by atoms with Crippen LogP contribution in [-0.4, -0.2) is 25.1 Å². The van der Waals surface area contributed by atoms with Crippen LogP contribution in [0.3, 0.4) is 0 Å². The molecule has 0 bridgehead atoms. The lowest BCUT2D eigenvalue weighted by atomic mass is 10.2. The van der Waals surface area contributed by atoms with Crippen molar-refractivity contribution in [1.82, 2.24) is 24.5 Å². The minimum Gasteiger partial charge on any atom is -0.346 e. The first kappa shape index (κ1) is 17.4. The number of imidazole rings is 1. The number of hydrogen-bond acceptors (Lipinski definition) is 4. The van der Waals surface area contributed by atoms with Crippen LogP contribution < -0.4 is 5.32 Å². The highest BCUT2D eigenvalue weighted by Crippen LogP contribution is 2.27. The maximum Gasteiger partial charge on any atom is 0.255 e. The second kappa shape index (κ2) is 7.37. The number of carbonyl (C=O) groups is 1. The van der Waals surface area contributed by atoms with E-state index in [2.05, 4.69) is 15.4 Å². The standard InChI is InChI=1S/C22H17N5OS/c28-22(23-13-16-14-26-11-5-4-10-20(26)24-16)18-15-27(17-7-2-1-3-8-17)25-21(18)19-9-6-12-29-19/h1-12,14-15H,13H2,(H,23,28). The third-order valence-electron chi connectivity index (χ3n) is 4.58. The van der Waals surface area contributed by atoms with E-state index in [1.54, 1.807) is 22.2 Å². The van der Waals surface area contributed by atoms with Gasteiger partial charge >= 0.3 is 0 Å². The van der Waals surface area contributed by atoms with Gasteiger partial charge in [0.05, 0.1) is 28.4 Å². The Balaban J connectivity index is 1.44. The summed E-state index contributed by atoms with van der Waals surface area (Å²) in [5, 5.41) is 9.64. The minimum absolute atomic E-state index is 0.173. The van der Waals surface area contributed by atoms with E-state index in [9.17, 15) is 4.79 Å². The van der Waals surface area contributed by atoms with E-state index in [1.807, 2.05) is 82.8 Å². The van der Waals surface area contributed by atoms with E-state index >= 15 is 0 Å². The lowest BCUT2D eigenvalue weighted by molar-refractivity contribution is 0.0951. The molecule has 29 heavy (non-hydrogen) atoms. The summed E-state index contributed by atoms with van der Waals surface area (Å²) in [7, 11) is 0. The predicted molar refractivity (Wildman–Crippen MR) is 113 cm³/mol. The number of aromatic nitrogens is 4. The molecule has 0 saturated heterocycles. The van der Waals surface area contributed by atoms with Crippen molar-refractivity contribution < 1.29 is 4.79 Å². The lowest BCUT2D eigenvalue weighted by Gasteiger charge is -2.02. The van der Waals surface area contributed by atoms with E-state index in [-0.39, 0.29) is 5.91 Å². The molecule has 5 rings (SSSR count). The van der Waals surface area contributed by atoms with Gasteiger partial charge in [0.1, 0.15) is 11.3 Å². The van der Waals surface area contributed by atoms with Gasteiger partial charge in [-0.05, 0) is 35.7 Å². The van der Waals surface area contributed by atoms with Crippen LogP contribution in [0, 0.1) is 0 Å². The highest BCUT2D eigenvalue weighted by atomic mass is 32.1. The van der Waals surface area contributed by atoms with Gasteiger partial charge in [0.15, 0.2) is 0 Å². The smallest absolute Gasteiger partial charge is 0.255 e. The average molecular weight is 399 g/mol. The van der Waals surface area contributed by atoms with Crippen LogP contribution in [0.4, 0.5) is 0 Å². The molecule has 0 atom stereocenters. The van der Waals surface area contributed by atoms with Crippen LogP contribution >= 0.6 is 11.3 Å². The van der Waals surface area contributed by atoms with E-state index in [4.69, 9.17) is 0 Å². The summed E-state index contributed by atoms with van der Waals surface area (Å²) in [5.74, 6) is -0.173. The zero-order valence-electron chi connectivity index (χ0n) is 15.4. The quantitative estimate of drug-likeness (QED) is 0.482. The maximum atomic E-state index is 13.0.